The van der Waals surface area contributed by atoms with Crippen LogP contribution in [0.15, 0.2) is 0 Å². The van der Waals surface area contributed by atoms with E-state index in [1.54, 1.807) is 7.11 Å². The Bertz CT molecular complexity index is 182. The molecule has 1 fully saturated rings. The first-order valence-corrected chi connectivity index (χ1v) is 6.05. The van der Waals surface area contributed by atoms with Crippen molar-refractivity contribution in [3.05, 3.63) is 0 Å². The van der Waals surface area contributed by atoms with Gasteiger partial charge >= 0.3 is 0 Å². The van der Waals surface area contributed by atoms with Crippen LogP contribution in [0.5, 0.6) is 0 Å². The van der Waals surface area contributed by atoms with Crippen molar-refractivity contribution in [1.29, 1.82) is 0 Å². The molecule has 0 aromatic rings. The van der Waals surface area contributed by atoms with Crippen LogP contribution in [-0.2, 0) is 4.74 Å². The van der Waals surface area contributed by atoms with Crippen molar-refractivity contribution in [3.8, 4) is 0 Å². The third-order valence-electron chi connectivity index (χ3n) is 3.31. The average Bonchev–Trinajstić information content (AvgIpc) is 2.17. The highest BCUT2D eigenvalue weighted by atomic mass is 16.5. The van der Waals surface area contributed by atoms with Crippen molar-refractivity contribution in [2.45, 2.75) is 45.8 Å². The standard InChI is InChI=1S/C12H26N2O/c1-10(2)13-6-7-14(11(3)4)12(8-13)9-15-5/h10-12H,6-9H2,1-5H3/t12-/m0/s1. The van der Waals surface area contributed by atoms with Gasteiger partial charge in [-0.25, -0.2) is 0 Å². The van der Waals surface area contributed by atoms with Crippen molar-refractivity contribution >= 4 is 0 Å². The molecule has 1 saturated heterocycles. The molecule has 0 aromatic heterocycles. The molecule has 0 radical (unpaired) electrons. The molecular formula is C12H26N2O. The predicted octanol–water partition coefficient (Wildman–Crippen LogP) is 1.44. The maximum absolute atomic E-state index is 5.32. The molecular weight excluding hydrogens is 188 g/mol. The monoisotopic (exact) mass is 214 g/mol. The lowest BCUT2D eigenvalue weighted by molar-refractivity contribution is -0.00146. The van der Waals surface area contributed by atoms with Gasteiger partial charge in [-0.3, -0.25) is 9.80 Å². The molecule has 1 aliphatic rings. The van der Waals surface area contributed by atoms with Gasteiger partial charge in [0.2, 0.25) is 0 Å². The van der Waals surface area contributed by atoms with E-state index >= 15 is 0 Å². The largest absolute Gasteiger partial charge is 0.383 e. The van der Waals surface area contributed by atoms with E-state index < -0.39 is 0 Å². The molecule has 0 spiro atoms. The summed E-state index contributed by atoms with van der Waals surface area (Å²) < 4.78 is 5.32. The molecule has 1 atom stereocenters. The van der Waals surface area contributed by atoms with E-state index in [-0.39, 0.29) is 0 Å². The number of nitrogens with zero attached hydrogens (tertiary/aromatic N) is 2. The lowest BCUT2D eigenvalue weighted by Gasteiger charge is -2.44. The Morgan fingerprint density at radius 1 is 1.13 bits per heavy atom. The van der Waals surface area contributed by atoms with Crippen LogP contribution in [0.3, 0.4) is 0 Å². The van der Waals surface area contributed by atoms with Gasteiger partial charge in [0.05, 0.1) is 6.61 Å². The summed E-state index contributed by atoms with van der Waals surface area (Å²) in [5, 5.41) is 0. The minimum absolute atomic E-state index is 0.561. The zero-order valence-corrected chi connectivity index (χ0v) is 10.9. The first kappa shape index (κ1) is 12.9. The summed E-state index contributed by atoms with van der Waals surface area (Å²) in [4.78, 5) is 5.10. The molecule has 90 valence electrons. The molecule has 0 saturated carbocycles. The number of rotatable bonds is 4. The van der Waals surface area contributed by atoms with Crippen molar-refractivity contribution in [1.82, 2.24) is 9.80 Å². The first-order valence-electron chi connectivity index (χ1n) is 6.05. The van der Waals surface area contributed by atoms with Gasteiger partial charge in [-0.1, -0.05) is 0 Å². The highest BCUT2D eigenvalue weighted by molar-refractivity contribution is 4.85. The Labute approximate surface area is 94.4 Å². The quantitative estimate of drug-likeness (QED) is 0.704. The molecule has 0 amide bonds. The van der Waals surface area contributed by atoms with Gasteiger partial charge in [0.1, 0.15) is 0 Å². The summed E-state index contributed by atoms with van der Waals surface area (Å²) in [6, 6.07) is 1.84. The summed E-state index contributed by atoms with van der Waals surface area (Å²) in [7, 11) is 1.80. The van der Waals surface area contributed by atoms with E-state index in [2.05, 4.69) is 37.5 Å². The van der Waals surface area contributed by atoms with E-state index in [1.165, 1.54) is 13.1 Å². The molecule has 3 nitrogen and oxygen atoms in total. The SMILES string of the molecule is COC[C@@H]1CN(C(C)C)CCN1C(C)C. The molecule has 0 N–H and O–H groups in total. The van der Waals surface area contributed by atoms with E-state index in [1.807, 2.05) is 0 Å². The number of methoxy groups -OCH3 is 1. The number of piperazine rings is 1. The zero-order valence-electron chi connectivity index (χ0n) is 10.9. The fourth-order valence-electron chi connectivity index (χ4n) is 2.38. The maximum atomic E-state index is 5.32. The number of hydrogen-bond donors (Lipinski definition) is 0. The van der Waals surface area contributed by atoms with Gasteiger partial charge < -0.3 is 4.74 Å². The van der Waals surface area contributed by atoms with Crippen LogP contribution in [0.2, 0.25) is 0 Å². The van der Waals surface area contributed by atoms with E-state index in [4.69, 9.17) is 4.74 Å². The van der Waals surface area contributed by atoms with Gasteiger partial charge in [-0.2, -0.15) is 0 Å². The predicted molar refractivity (Wildman–Crippen MR) is 64.2 cm³/mol. The van der Waals surface area contributed by atoms with Crippen molar-refractivity contribution in [2.75, 3.05) is 33.4 Å². The first-order chi connectivity index (χ1) is 7.06. The second kappa shape index (κ2) is 5.83. The van der Waals surface area contributed by atoms with E-state index in [0.717, 1.165) is 13.2 Å². The Morgan fingerprint density at radius 3 is 2.27 bits per heavy atom. The maximum Gasteiger partial charge on any atom is 0.0630 e. The van der Waals surface area contributed by atoms with Gasteiger partial charge in [0.15, 0.2) is 0 Å². The molecule has 0 aromatic carbocycles. The summed E-state index contributed by atoms with van der Waals surface area (Å²) in [6.45, 7) is 13.4. The fraction of sp³-hybridized carbons (Fsp3) is 1.00. The lowest BCUT2D eigenvalue weighted by Crippen LogP contribution is -2.58. The summed E-state index contributed by atoms with van der Waals surface area (Å²) in [5.41, 5.74) is 0. The molecule has 0 bridgehead atoms. The summed E-state index contributed by atoms with van der Waals surface area (Å²) in [5.74, 6) is 0. The summed E-state index contributed by atoms with van der Waals surface area (Å²) in [6.07, 6.45) is 0. The molecule has 1 rings (SSSR count). The van der Waals surface area contributed by atoms with Crippen LogP contribution in [0.1, 0.15) is 27.7 Å². The Hall–Kier alpha value is -0.120. The van der Waals surface area contributed by atoms with Crippen LogP contribution in [0.25, 0.3) is 0 Å². The fourth-order valence-corrected chi connectivity index (χ4v) is 2.38. The normalized spacial score (nSPS) is 25.4. The third-order valence-corrected chi connectivity index (χ3v) is 3.31. The van der Waals surface area contributed by atoms with Gasteiger partial charge in [-0.15, -0.1) is 0 Å². The number of hydrogen-bond acceptors (Lipinski definition) is 3. The van der Waals surface area contributed by atoms with Crippen LogP contribution in [-0.4, -0.2) is 61.3 Å². The molecule has 3 heteroatoms. The molecule has 15 heavy (non-hydrogen) atoms. The van der Waals surface area contributed by atoms with Crippen LogP contribution < -0.4 is 0 Å². The Balaban J connectivity index is 2.56. The van der Waals surface area contributed by atoms with Crippen molar-refractivity contribution in [3.63, 3.8) is 0 Å². The van der Waals surface area contributed by atoms with E-state index in [9.17, 15) is 0 Å². The second-order valence-corrected chi connectivity index (χ2v) is 5.03. The molecule has 1 heterocycles. The number of ether oxygens (including phenoxy) is 1. The lowest BCUT2D eigenvalue weighted by atomic mass is 10.1. The van der Waals surface area contributed by atoms with E-state index in [0.29, 0.717) is 18.1 Å². The zero-order chi connectivity index (χ0) is 11.4. The highest BCUT2D eigenvalue weighted by Gasteiger charge is 2.29. The Morgan fingerprint density at radius 2 is 1.80 bits per heavy atom. The van der Waals surface area contributed by atoms with Crippen molar-refractivity contribution < 1.29 is 4.74 Å². The smallest absolute Gasteiger partial charge is 0.0630 e. The van der Waals surface area contributed by atoms with Crippen LogP contribution in [0.4, 0.5) is 0 Å². The summed E-state index contributed by atoms with van der Waals surface area (Å²) >= 11 is 0. The second-order valence-electron chi connectivity index (χ2n) is 5.03. The minimum atomic E-state index is 0.561. The van der Waals surface area contributed by atoms with Crippen molar-refractivity contribution in [2.24, 2.45) is 0 Å². The third kappa shape index (κ3) is 3.44. The molecule has 0 unspecified atom stereocenters. The molecule has 0 aliphatic carbocycles. The van der Waals surface area contributed by atoms with Crippen LogP contribution >= 0.6 is 0 Å². The van der Waals surface area contributed by atoms with Crippen LogP contribution in [0, 0.1) is 0 Å². The average molecular weight is 214 g/mol. The van der Waals surface area contributed by atoms with Gasteiger partial charge in [-0.05, 0) is 27.7 Å². The highest BCUT2D eigenvalue weighted by Crippen LogP contribution is 2.15. The van der Waals surface area contributed by atoms with Gasteiger partial charge in [0, 0.05) is 44.9 Å². The minimum Gasteiger partial charge on any atom is -0.383 e. The topological polar surface area (TPSA) is 15.7 Å². The van der Waals surface area contributed by atoms with Gasteiger partial charge in [0.25, 0.3) is 0 Å². The molecule has 1 aliphatic heterocycles. The Kier molecular flexibility index (Phi) is 5.03.